The third-order valence-corrected chi connectivity index (χ3v) is 3.56. The van der Waals surface area contributed by atoms with Crippen LogP contribution in [0.25, 0.3) is 0 Å². The van der Waals surface area contributed by atoms with E-state index in [2.05, 4.69) is 6.07 Å². The molecule has 6 nitrogen and oxygen atoms in total. The lowest BCUT2D eigenvalue weighted by molar-refractivity contribution is -0.384. The maximum atomic E-state index is 10.8. The molecule has 1 aliphatic rings. The second-order valence-corrected chi connectivity index (χ2v) is 4.81. The number of ether oxygens (including phenoxy) is 1. The van der Waals surface area contributed by atoms with Crippen LogP contribution in [0.2, 0.25) is 0 Å². The molecule has 0 saturated carbocycles. The summed E-state index contributed by atoms with van der Waals surface area (Å²) in [6.07, 6.45) is 0. The standard InChI is InChI=1S/C16H11N3O3/c17-9-13-15(10-5-7-11(8-6-10)19(20)21)12-3-1-2-4-14(12)22-16(13)18/h1-8,15H,18H2. The summed E-state index contributed by atoms with van der Waals surface area (Å²) in [5, 5.41) is 20.1. The van der Waals surface area contributed by atoms with Crippen LogP contribution in [0.4, 0.5) is 5.69 Å². The molecular formula is C16H11N3O3. The predicted octanol–water partition coefficient (Wildman–Crippen LogP) is 2.81. The van der Waals surface area contributed by atoms with Gasteiger partial charge in [-0.05, 0) is 11.6 Å². The molecular weight excluding hydrogens is 282 g/mol. The smallest absolute Gasteiger partial charge is 0.269 e. The molecule has 0 amide bonds. The van der Waals surface area contributed by atoms with E-state index in [1.54, 1.807) is 18.2 Å². The number of benzene rings is 2. The fourth-order valence-electron chi connectivity index (χ4n) is 2.54. The highest BCUT2D eigenvalue weighted by atomic mass is 16.6. The highest BCUT2D eigenvalue weighted by Gasteiger charge is 2.30. The summed E-state index contributed by atoms with van der Waals surface area (Å²) in [4.78, 5) is 10.3. The van der Waals surface area contributed by atoms with Crippen molar-refractivity contribution in [1.82, 2.24) is 0 Å². The molecule has 0 fully saturated rings. The van der Waals surface area contributed by atoms with Gasteiger partial charge in [0, 0.05) is 17.7 Å². The first-order valence-electron chi connectivity index (χ1n) is 6.52. The van der Waals surface area contributed by atoms with Gasteiger partial charge in [-0.2, -0.15) is 5.26 Å². The fourth-order valence-corrected chi connectivity index (χ4v) is 2.54. The van der Waals surface area contributed by atoms with E-state index in [0.717, 1.165) is 11.1 Å². The van der Waals surface area contributed by atoms with Gasteiger partial charge in [0.25, 0.3) is 5.69 Å². The Bertz CT molecular complexity index is 819. The summed E-state index contributed by atoms with van der Waals surface area (Å²) in [7, 11) is 0. The third kappa shape index (κ3) is 2.15. The Hall–Kier alpha value is -3.33. The van der Waals surface area contributed by atoms with Crippen LogP contribution >= 0.6 is 0 Å². The zero-order chi connectivity index (χ0) is 15.7. The van der Waals surface area contributed by atoms with E-state index in [1.807, 2.05) is 18.2 Å². The summed E-state index contributed by atoms with van der Waals surface area (Å²) in [5.41, 5.74) is 7.69. The van der Waals surface area contributed by atoms with E-state index in [0.29, 0.717) is 11.3 Å². The largest absolute Gasteiger partial charge is 0.440 e. The molecule has 0 aliphatic carbocycles. The summed E-state index contributed by atoms with van der Waals surface area (Å²) in [6, 6.07) is 15.5. The zero-order valence-electron chi connectivity index (χ0n) is 11.4. The monoisotopic (exact) mass is 293 g/mol. The number of nitriles is 1. The maximum Gasteiger partial charge on any atom is 0.269 e. The summed E-state index contributed by atoms with van der Waals surface area (Å²) >= 11 is 0. The Labute approximate surface area is 126 Å². The first-order valence-corrected chi connectivity index (χ1v) is 6.52. The molecule has 3 rings (SSSR count). The quantitative estimate of drug-likeness (QED) is 0.677. The number of non-ortho nitro benzene ring substituents is 1. The second-order valence-electron chi connectivity index (χ2n) is 4.81. The highest BCUT2D eigenvalue weighted by Crippen LogP contribution is 2.41. The Balaban J connectivity index is 2.15. The molecule has 2 N–H and O–H groups in total. The number of nitro benzene ring substituents is 1. The van der Waals surface area contributed by atoms with Crippen molar-refractivity contribution in [2.24, 2.45) is 5.73 Å². The number of para-hydroxylation sites is 1. The Morgan fingerprint density at radius 3 is 2.50 bits per heavy atom. The van der Waals surface area contributed by atoms with Gasteiger partial charge < -0.3 is 10.5 Å². The molecule has 2 aromatic rings. The minimum Gasteiger partial charge on any atom is -0.440 e. The van der Waals surface area contributed by atoms with Crippen LogP contribution in [0.15, 0.2) is 60.0 Å². The number of nitro groups is 1. The van der Waals surface area contributed by atoms with Crippen LogP contribution in [0.5, 0.6) is 5.75 Å². The number of allylic oxidation sites excluding steroid dienone is 1. The molecule has 1 heterocycles. The number of nitrogens with two attached hydrogens (primary N) is 1. The van der Waals surface area contributed by atoms with Crippen molar-refractivity contribution >= 4 is 5.69 Å². The molecule has 1 atom stereocenters. The number of nitrogens with zero attached hydrogens (tertiary/aromatic N) is 2. The molecule has 2 aromatic carbocycles. The van der Waals surface area contributed by atoms with Crippen molar-refractivity contribution in [3.63, 3.8) is 0 Å². The molecule has 0 radical (unpaired) electrons. The van der Waals surface area contributed by atoms with Gasteiger partial charge in [-0.15, -0.1) is 0 Å². The van der Waals surface area contributed by atoms with Crippen molar-refractivity contribution in [3.05, 3.63) is 81.2 Å². The number of hydrogen-bond acceptors (Lipinski definition) is 5. The second kappa shape index (κ2) is 5.22. The molecule has 0 aromatic heterocycles. The van der Waals surface area contributed by atoms with Crippen LogP contribution in [0, 0.1) is 21.4 Å². The van der Waals surface area contributed by atoms with Crippen molar-refractivity contribution in [3.8, 4) is 11.8 Å². The van der Waals surface area contributed by atoms with E-state index < -0.39 is 10.8 Å². The molecule has 1 aliphatic heterocycles. The Morgan fingerprint density at radius 2 is 1.86 bits per heavy atom. The molecule has 1 unspecified atom stereocenters. The molecule has 22 heavy (non-hydrogen) atoms. The molecule has 0 saturated heterocycles. The normalized spacial score (nSPS) is 16.4. The third-order valence-electron chi connectivity index (χ3n) is 3.56. The SMILES string of the molecule is N#CC1=C(N)Oc2ccccc2C1c1ccc([N+](=O)[O-])cc1. The lowest BCUT2D eigenvalue weighted by Crippen LogP contribution is -2.20. The Morgan fingerprint density at radius 1 is 1.18 bits per heavy atom. The molecule has 0 bridgehead atoms. The van der Waals surface area contributed by atoms with E-state index in [4.69, 9.17) is 10.5 Å². The van der Waals surface area contributed by atoms with Crippen molar-refractivity contribution in [2.45, 2.75) is 5.92 Å². The lowest BCUT2D eigenvalue weighted by atomic mass is 9.83. The fraction of sp³-hybridized carbons (Fsp3) is 0.0625. The zero-order valence-corrected chi connectivity index (χ0v) is 11.4. The van der Waals surface area contributed by atoms with E-state index in [1.165, 1.54) is 12.1 Å². The molecule has 108 valence electrons. The molecule has 6 heteroatoms. The van der Waals surface area contributed by atoms with Gasteiger partial charge >= 0.3 is 0 Å². The minimum absolute atomic E-state index is 0.000413. The van der Waals surface area contributed by atoms with Gasteiger partial charge in [-0.25, -0.2) is 0 Å². The van der Waals surface area contributed by atoms with E-state index in [9.17, 15) is 15.4 Å². The van der Waals surface area contributed by atoms with Crippen LogP contribution in [0.3, 0.4) is 0 Å². The van der Waals surface area contributed by atoms with Crippen molar-refractivity contribution < 1.29 is 9.66 Å². The van der Waals surface area contributed by atoms with Crippen LogP contribution < -0.4 is 10.5 Å². The Kier molecular flexibility index (Phi) is 3.24. The number of hydrogen-bond donors (Lipinski definition) is 1. The van der Waals surface area contributed by atoms with Gasteiger partial charge in [0.05, 0.1) is 10.8 Å². The van der Waals surface area contributed by atoms with Gasteiger partial charge in [-0.1, -0.05) is 30.3 Å². The van der Waals surface area contributed by atoms with Crippen LogP contribution in [-0.2, 0) is 0 Å². The maximum absolute atomic E-state index is 10.8. The van der Waals surface area contributed by atoms with E-state index >= 15 is 0 Å². The van der Waals surface area contributed by atoms with Gasteiger partial charge in [0.2, 0.25) is 5.88 Å². The van der Waals surface area contributed by atoms with Gasteiger partial charge in [-0.3, -0.25) is 10.1 Å². The van der Waals surface area contributed by atoms with E-state index in [-0.39, 0.29) is 11.6 Å². The summed E-state index contributed by atoms with van der Waals surface area (Å²) < 4.78 is 5.48. The summed E-state index contributed by atoms with van der Waals surface area (Å²) in [6.45, 7) is 0. The minimum atomic E-state index is -0.461. The average molecular weight is 293 g/mol. The predicted molar refractivity (Wildman–Crippen MR) is 78.8 cm³/mol. The lowest BCUT2D eigenvalue weighted by Gasteiger charge is -2.26. The van der Waals surface area contributed by atoms with Gasteiger partial charge in [0.1, 0.15) is 17.4 Å². The summed E-state index contributed by atoms with van der Waals surface area (Å²) in [5.74, 6) is 0.252. The number of rotatable bonds is 2. The number of fused-ring (bicyclic) bond motifs is 1. The van der Waals surface area contributed by atoms with Crippen LogP contribution in [0.1, 0.15) is 17.0 Å². The molecule has 0 spiro atoms. The van der Waals surface area contributed by atoms with Crippen molar-refractivity contribution in [2.75, 3.05) is 0 Å². The first kappa shape index (κ1) is 13.6. The topological polar surface area (TPSA) is 102 Å². The highest BCUT2D eigenvalue weighted by molar-refractivity contribution is 5.56. The van der Waals surface area contributed by atoms with Gasteiger partial charge in [0.15, 0.2) is 0 Å². The van der Waals surface area contributed by atoms with Crippen LogP contribution in [-0.4, -0.2) is 4.92 Å². The van der Waals surface area contributed by atoms with Crippen molar-refractivity contribution in [1.29, 1.82) is 5.26 Å². The average Bonchev–Trinajstić information content (AvgIpc) is 2.53. The first-order chi connectivity index (χ1) is 10.6.